The first-order chi connectivity index (χ1) is 35.0. The fraction of sp³-hybridized carbons (Fsp3) is 0.923. The zero-order valence-electron chi connectivity index (χ0n) is 48.3. The second-order valence-corrected chi connectivity index (χ2v) is 22.0. The van der Waals surface area contributed by atoms with Gasteiger partial charge in [0.15, 0.2) is 6.10 Å². The van der Waals surface area contributed by atoms with Crippen LogP contribution in [0.4, 0.5) is 0 Å². The summed E-state index contributed by atoms with van der Waals surface area (Å²) in [5.41, 5.74) is 0. The molecule has 0 unspecified atom stereocenters. The van der Waals surface area contributed by atoms with Gasteiger partial charge in [0.2, 0.25) is 0 Å². The van der Waals surface area contributed by atoms with Crippen molar-refractivity contribution in [3.8, 4) is 0 Å². The van der Waals surface area contributed by atoms with E-state index in [1.807, 2.05) is 0 Å². The first-order valence-electron chi connectivity index (χ1n) is 32.2. The number of allylic oxidation sites excluding steroid dienone is 2. The van der Waals surface area contributed by atoms with Crippen molar-refractivity contribution in [3.05, 3.63) is 12.2 Å². The second kappa shape index (κ2) is 60.7. The van der Waals surface area contributed by atoms with Gasteiger partial charge in [0.25, 0.3) is 0 Å². The molecular weight excluding hydrogens is 877 g/mol. The summed E-state index contributed by atoms with van der Waals surface area (Å²) in [7, 11) is 0. The molecule has 6 heteroatoms. The van der Waals surface area contributed by atoms with Gasteiger partial charge in [0, 0.05) is 19.3 Å². The van der Waals surface area contributed by atoms with E-state index in [1.54, 1.807) is 0 Å². The van der Waals surface area contributed by atoms with Gasteiger partial charge in [-0.1, -0.05) is 315 Å². The molecule has 0 spiro atoms. The monoisotopic (exact) mass is 1000 g/mol. The van der Waals surface area contributed by atoms with Crippen LogP contribution in [0.1, 0.15) is 367 Å². The largest absolute Gasteiger partial charge is 0.462 e. The fourth-order valence-electron chi connectivity index (χ4n) is 9.91. The summed E-state index contributed by atoms with van der Waals surface area (Å²) in [6.07, 6.45) is 70.7. The minimum absolute atomic E-state index is 0.0646. The Hall–Kier alpha value is -1.85. The normalized spacial score (nSPS) is 12.0. The summed E-state index contributed by atoms with van der Waals surface area (Å²) in [5.74, 6) is -0.838. The number of hydrogen-bond acceptors (Lipinski definition) is 6. The summed E-state index contributed by atoms with van der Waals surface area (Å²) < 4.78 is 17.0. The molecule has 0 aliphatic heterocycles. The average Bonchev–Trinajstić information content (AvgIpc) is 3.37. The van der Waals surface area contributed by atoms with E-state index in [1.165, 1.54) is 270 Å². The molecule has 6 nitrogen and oxygen atoms in total. The van der Waals surface area contributed by atoms with Gasteiger partial charge < -0.3 is 14.2 Å². The van der Waals surface area contributed by atoms with Crippen LogP contribution >= 0.6 is 0 Å². The first-order valence-corrected chi connectivity index (χ1v) is 32.2. The third-order valence-electron chi connectivity index (χ3n) is 14.8. The lowest BCUT2D eigenvalue weighted by atomic mass is 10.0. The molecule has 0 radical (unpaired) electrons. The van der Waals surface area contributed by atoms with Crippen LogP contribution in [0.2, 0.25) is 0 Å². The Morgan fingerprint density at radius 2 is 0.465 bits per heavy atom. The van der Waals surface area contributed by atoms with E-state index >= 15 is 0 Å². The first kappa shape index (κ1) is 69.2. The lowest BCUT2D eigenvalue weighted by Gasteiger charge is -2.18. The maximum absolute atomic E-state index is 12.9. The molecule has 0 saturated carbocycles. The van der Waals surface area contributed by atoms with Gasteiger partial charge in [0.1, 0.15) is 13.2 Å². The van der Waals surface area contributed by atoms with Gasteiger partial charge >= 0.3 is 17.9 Å². The maximum Gasteiger partial charge on any atom is 0.306 e. The number of esters is 3. The van der Waals surface area contributed by atoms with Crippen molar-refractivity contribution in [3.63, 3.8) is 0 Å². The van der Waals surface area contributed by atoms with E-state index in [0.717, 1.165) is 57.8 Å². The third-order valence-corrected chi connectivity index (χ3v) is 14.8. The standard InChI is InChI=1S/C65H124O6/c1-4-7-10-13-16-19-22-25-28-30-31-32-33-35-38-40-43-46-49-52-55-58-64(67)70-61-62(71-65(68)59-56-53-50-47-44-41-36-27-24-21-18-15-12-9-6-3)60-69-63(66)57-54-51-48-45-42-39-37-34-29-26-23-20-17-14-11-8-5-2/h26,29,62H,4-25,27-28,30-61H2,1-3H3/b29-26-/t62-/m1/s1. The topological polar surface area (TPSA) is 78.9 Å². The second-order valence-electron chi connectivity index (χ2n) is 22.0. The Balaban J connectivity index is 4.27. The smallest absolute Gasteiger partial charge is 0.306 e. The molecule has 0 aromatic carbocycles. The van der Waals surface area contributed by atoms with E-state index < -0.39 is 6.10 Å². The highest BCUT2D eigenvalue weighted by atomic mass is 16.6. The van der Waals surface area contributed by atoms with Crippen molar-refractivity contribution in [1.82, 2.24) is 0 Å². The van der Waals surface area contributed by atoms with Crippen LogP contribution in [-0.4, -0.2) is 37.2 Å². The summed E-state index contributed by atoms with van der Waals surface area (Å²) in [5, 5.41) is 0. The Labute approximate surface area is 443 Å². The zero-order valence-corrected chi connectivity index (χ0v) is 48.3. The van der Waals surface area contributed by atoms with Crippen LogP contribution < -0.4 is 0 Å². The predicted octanol–water partition coefficient (Wildman–Crippen LogP) is 21.7. The number of ether oxygens (including phenoxy) is 3. The molecule has 0 amide bonds. The van der Waals surface area contributed by atoms with Crippen molar-refractivity contribution >= 4 is 17.9 Å². The molecule has 0 aliphatic rings. The van der Waals surface area contributed by atoms with Crippen molar-refractivity contribution in [2.24, 2.45) is 0 Å². The third kappa shape index (κ3) is 58.9. The molecule has 1 atom stereocenters. The number of rotatable bonds is 60. The molecule has 71 heavy (non-hydrogen) atoms. The molecule has 0 saturated heterocycles. The van der Waals surface area contributed by atoms with Crippen LogP contribution in [0.3, 0.4) is 0 Å². The molecule has 420 valence electrons. The van der Waals surface area contributed by atoms with Gasteiger partial charge in [-0.3, -0.25) is 14.4 Å². The maximum atomic E-state index is 12.9. The predicted molar refractivity (Wildman–Crippen MR) is 307 cm³/mol. The molecule has 0 fully saturated rings. The van der Waals surface area contributed by atoms with Gasteiger partial charge in [-0.15, -0.1) is 0 Å². The molecule has 0 heterocycles. The number of hydrogen-bond donors (Lipinski definition) is 0. The van der Waals surface area contributed by atoms with Crippen LogP contribution in [-0.2, 0) is 28.6 Å². The molecule has 0 N–H and O–H groups in total. The highest BCUT2D eigenvalue weighted by molar-refractivity contribution is 5.71. The van der Waals surface area contributed by atoms with E-state index in [4.69, 9.17) is 14.2 Å². The van der Waals surface area contributed by atoms with Crippen LogP contribution in [0.15, 0.2) is 12.2 Å². The number of carbonyl (C=O) groups is 3. The summed E-state index contributed by atoms with van der Waals surface area (Å²) >= 11 is 0. The minimum atomic E-state index is -0.767. The minimum Gasteiger partial charge on any atom is -0.462 e. The van der Waals surface area contributed by atoms with Gasteiger partial charge in [-0.25, -0.2) is 0 Å². The number of carbonyl (C=O) groups excluding carboxylic acids is 3. The van der Waals surface area contributed by atoms with Gasteiger partial charge in [-0.05, 0) is 44.9 Å². The highest BCUT2D eigenvalue weighted by Gasteiger charge is 2.19. The van der Waals surface area contributed by atoms with Crippen molar-refractivity contribution in [2.45, 2.75) is 374 Å². The molecule has 0 rings (SSSR count). The van der Waals surface area contributed by atoms with Crippen molar-refractivity contribution < 1.29 is 28.6 Å². The van der Waals surface area contributed by atoms with E-state index in [-0.39, 0.29) is 31.1 Å². The van der Waals surface area contributed by atoms with Gasteiger partial charge in [-0.2, -0.15) is 0 Å². The zero-order chi connectivity index (χ0) is 51.4. The quantitative estimate of drug-likeness (QED) is 0.0261. The van der Waals surface area contributed by atoms with Crippen LogP contribution in [0.25, 0.3) is 0 Å². The highest BCUT2D eigenvalue weighted by Crippen LogP contribution is 2.18. The molecule has 0 aromatic rings. The summed E-state index contributed by atoms with van der Waals surface area (Å²) in [6.45, 7) is 6.71. The Morgan fingerprint density at radius 3 is 0.704 bits per heavy atom. The lowest BCUT2D eigenvalue weighted by Crippen LogP contribution is -2.30. The Bertz CT molecular complexity index is 1100. The Kier molecular flexibility index (Phi) is 59.1. The Morgan fingerprint density at radius 1 is 0.268 bits per heavy atom. The molecule has 0 aliphatic carbocycles. The van der Waals surface area contributed by atoms with Crippen molar-refractivity contribution in [1.29, 1.82) is 0 Å². The average molecular weight is 1000 g/mol. The molecular formula is C65H124O6. The summed E-state index contributed by atoms with van der Waals surface area (Å²) in [6, 6.07) is 0. The van der Waals surface area contributed by atoms with Gasteiger partial charge in [0.05, 0.1) is 0 Å². The summed E-state index contributed by atoms with van der Waals surface area (Å²) in [4.78, 5) is 38.3. The molecule has 0 bridgehead atoms. The molecule has 0 aromatic heterocycles. The van der Waals surface area contributed by atoms with Crippen LogP contribution in [0.5, 0.6) is 0 Å². The lowest BCUT2D eigenvalue weighted by molar-refractivity contribution is -0.167. The van der Waals surface area contributed by atoms with Crippen molar-refractivity contribution in [2.75, 3.05) is 13.2 Å². The van der Waals surface area contributed by atoms with E-state index in [9.17, 15) is 14.4 Å². The van der Waals surface area contributed by atoms with E-state index in [0.29, 0.717) is 19.3 Å². The fourth-order valence-corrected chi connectivity index (χ4v) is 9.91. The number of unbranched alkanes of at least 4 members (excludes halogenated alkanes) is 47. The SMILES string of the molecule is CCCCCCCC/C=C\CCCCCCCCCC(=O)OC[C@H](COC(=O)CCCCCCCCCCCCCCCCCCCCCCC)OC(=O)CCCCCCCCCCCCCCCCC. The van der Waals surface area contributed by atoms with E-state index in [2.05, 4.69) is 32.9 Å². The van der Waals surface area contributed by atoms with Crippen LogP contribution in [0, 0.1) is 0 Å².